The number of carbonyl (C=O) groups excluding carboxylic acids is 2. The van der Waals surface area contributed by atoms with Gasteiger partial charge in [-0.25, -0.2) is 0 Å². The molecular formula is C27H29NO5. The zero-order valence-electron chi connectivity index (χ0n) is 19.2. The molecule has 2 aromatic rings. The fraction of sp³-hybridized carbons (Fsp3) is 0.333. The summed E-state index contributed by atoms with van der Waals surface area (Å²) in [6.07, 6.45) is 1.04. The van der Waals surface area contributed by atoms with Gasteiger partial charge in [-0.2, -0.15) is 0 Å². The van der Waals surface area contributed by atoms with Gasteiger partial charge < -0.3 is 19.5 Å². The molecule has 0 amide bonds. The molecule has 1 aliphatic heterocycles. The normalized spacial score (nSPS) is 22.3. The second-order valence-corrected chi connectivity index (χ2v) is 8.32. The number of esters is 1. The maximum Gasteiger partial charge on any atom is 0.315 e. The van der Waals surface area contributed by atoms with E-state index < -0.39 is 17.8 Å². The number of rotatable bonds is 6. The van der Waals surface area contributed by atoms with Gasteiger partial charge >= 0.3 is 5.97 Å². The van der Waals surface area contributed by atoms with Gasteiger partial charge in [0.2, 0.25) is 0 Å². The number of Topliss-reactive ketones (excluding diaryl/α,β-unsaturated/α-hetero) is 1. The molecule has 0 bridgehead atoms. The van der Waals surface area contributed by atoms with E-state index in [0.717, 1.165) is 28.3 Å². The highest BCUT2D eigenvalue weighted by Gasteiger charge is 2.45. The molecule has 6 heteroatoms. The highest BCUT2D eigenvalue weighted by Crippen LogP contribution is 2.47. The van der Waals surface area contributed by atoms with Crippen LogP contribution in [0.1, 0.15) is 42.7 Å². The molecule has 2 aromatic carbocycles. The van der Waals surface area contributed by atoms with Gasteiger partial charge in [0.05, 0.1) is 20.8 Å². The lowest BCUT2D eigenvalue weighted by molar-refractivity contribution is -0.144. The fourth-order valence-electron chi connectivity index (χ4n) is 4.86. The minimum atomic E-state index is -0.687. The molecule has 3 unspecified atom stereocenters. The lowest BCUT2D eigenvalue weighted by atomic mass is 9.69. The van der Waals surface area contributed by atoms with E-state index in [1.807, 2.05) is 55.5 Å². The number of hydrogen-bond acceptors (Lipinski definition) is 6. The van der Waals surface area contributed by atoms with Crippen LogP contribution in [0.3, 0.4) is 0 Å². The average Bonchev–Trinajstić information content (AvgIpc) is 2.83. The van der Waals surface area contributed by atoms with E-state index in [1.165, 1.54) is 7.11 Å². The third-order valence-electron chi connectivity index (χ3n) is 6.43. The van der Waals surface area contributed by atoms with E-state index in [2.05, 4.69) is 11.9 Å². The van der Waals surface area contributed by atoms with Crippen LogP contribution < -0.4 is 14.8 Å². The highest BCUT2D eigenvalue weighted by atomic mass is 16.5. The molecule has 172 valence electrons. The van der Waals surface area contributed by atoms with Crippen LogP contribution in [0.5, 0.6) is 11.5 Å². The number of methoxy groups -OCH3 is 2. The van der Waals surface area contributed by atoms with Gasteiger partial charge in [-0.1, -0.05) is 30.8 Å². The van der Waals surface area contributed by atoms with E-state index in [4.69, 9.17) is 14.2 Å². The number of allylic oxidation sites excluding steroid dienone is 2. The van der Waals surface area contributed by atoms with Crippen LogP contribution >= 0.6 is 0 Å². The average molecular weight is 448 g/mol. The Kier molecular flexibility index (Phi) is 6.54. The van der Waals surface area contributed by atoms with Crippen LogP contribution in [0.15, 0.2) is 72.1 Å². The first-order chi connectivity index (χ1) is 16.0. The lowest BCUT2D eigenvalue weighted by Crippen LogP contribution is -2.42. The van der Waals surface area contributed by atoms with Crippen molar-refractivity contribution in [1.82, 2.24) is 5.32 Å². The maximum atomic E-state index is 13.5. The topological polar surface area (TPSA) is 73.9 Å². The van der Waals surface area contributed by atoms with Crippen LogP contribution in [0.2, 0.25) is 0 Å². The molecule has 4 rings (SSSR count). The van der Waals surface area contributed by atoms with Crippen molar-refractivity contribution in [3.05, 3.63) is 83.2 Å². The van der Waals surface area contributed by atoms with Crippen molar-refractivity contribution < 1.29 is 23.8 Å². The predicted octanol–water partition coefficient (Wildman–Crippen LogP) is 4.48. The van der Waals surface area contributed by atoms with Crippen molar-refractivity contribution in [1.29, 1.82) is 0 Å². The minimum absolute atomic E-state index is 0.0323. The van der Waals surface area contributed by atoms with Gasteiger partial charge in [0.15, 0.2) is 5.78 Å². The van der Waals surface area contributed by atoms with Crippen LogP contribution in [-0.4, -0.2) is 32.6 Å². The summed E-state index contributed by atoms with van der Waals surface area (Å²) in [4.78, 5) is 26.3. The summed E-state index contributed by atoms with van der Waals surface area (Å²) >= 11 is 0. The summed E-state index contributed by atoms with van der Waals surface area (Å²) in [7, 11) is 2.99. The molecular weight excluding hydrogens is 418 g/mol. The monoisotopic (exact) mass is 447 g/mol. The molecule has 1 N–H and O–H groups in total. The molecule has 0 radical (unpaired) electrons. The molecule has 0 spiro atoms. The van der Waals surface area contributed by atoms with Gasteiger partial charge in [0.25, 0.3) is 0 Å². The van der Waals surface area contributed by atoms with Gasteiger partial charge in [-0.15, -0.1) is 0 Å². The summed E-state index contributed by atoms with van der Waals surface area (Å²) in [5.41, 5.74) is 3.96. The van der Waals surface area contributed by atoms with E-state index in [0.29, 0.717) is 30.7 Å². The number of nitrogens with one attached hydrogen (secondary N) is 1. The highest BCUT2D eigenvalue weighted by molar-refractivity contribution is 6.01. The van der Waals surface area contributed by atoms with E-state index in [1.54, 1.807) is 7.11 Å². The Hall–Kier alpha value is -3.54. The van der Waals surface area contributed by atoms with Gasteiger partial charge in [-0.3, -0.25) is 9.59 Å². The maximum absolute atomic E-state index is 13.5. The van der Waals surface area contributed by atoms with Crippen LogP contribution in [-0.2, 0) is 14.3 Å². The van der Waals surface area contributed by atoms with E-state index >= 15 is 0 Å². The number of carbonyl (C=O) groups is 2. The molecule has 3 atom stereocenters. The van der Waals surface area contributed by atoms with Crippen molar-refractivity contribution in [2.45, 2.75) is 31.6 Å². The lowest BCUT2D eigenvalue weighted by Gasteiger charge is -2.40. The third kappa shape index (κ3) is 4.38. The first-order valence-electron chi connectivity index (χ1n) is 11.1. The van der Waals surface area contributed by atoms with Crippen molar-refractivity contribution in [3.63, 3.8) is 0 Å². The van der Waals surface area contributed by atoms with Crippen molar-refractivity contribution in [3.8, 4) is 11.5 Å². The second kappa shape index (κ2) is 9.53. The number of ketones is 1. The largest absolute Gasteiger partial charge is 0.497 e. The Morgan fingerprint density at radius 1 is 1.00 bits per heavy atom. The third-order valence-corrected chi connectivity index (χ3v) is 6.43. The van der Waals surface area contributed by atoms with Gasteiger partial charge in [0, 0.05) is 29.3 Å². The number of ether oxygens (including phenoxy) is 3. The second-order valence-electron chi connectivity index (χ2n) is 8.32. The molecule has 0 fully saturated rings. The van der Waals surface area contributed by atoms with Gasteiger partial charge in [0.1, 0.15) is 17.4 Å². The van der Waals surface area contributed by atoms with Crippen molar-refractivity contribution >= 4 is 11.8 Å². The molecule has 2 aliphatic rings. The smallest absolute Gasteiger partial charge is 0.315 e. The van der Waals surface area contributed by atoms with Crippen molar-refractivity contribution in [2.24, 2.45) is 5.92 Å². The van der Waals surface area contributed by atoms with E-state index in [-0.39, 0.29) is 11.7 Å². The van der Waals surface area contributed by atoms with E-state index in [9.17, 15) is 9.59 Å². The molecule has 0 saturated heterocycles. The molecule has 1 aliphatic carbocycles. The first-order valence-corrected chi connectivity index (χ1v) is 11.1. The fourth-order valence-corrected chi connectivity index (χ4v) is 4.86. The quantitative estimate of drug-likeness (QED) is 0.658. The zero-order chi connectivity index (χ0) is 23.5. The molecule has 1 heterocycles. The van der Waals surface area contributed by atoms with Crippen LogP contribution in [0.4, 0.5) is 0 Å². The van der Waals surface area contributed by atoms with Crippen LogP contribution in [0.25, 0.3) is 0 Å². The summed E-state index contributed by atoms with van der Waals surface area (Å²) < 4.78 is 15.9. The number of hydrogen-bond donors (Lipinski definition) is 1. The zero-order valence-corrected chi connectivity index (χ0v) is 19.2. The Balaban J connectivity index is 1.74. The first kappa shape index (κ1) is 22.6. The molecule has 0 saturated carbocycles. The minimum Gasteiger partial charge on any atom is -0.497 e. The summed E-state index contributed by atoms with van der Waals surface area (Å²) in [5, 5.41) is 3.28. The Bertz CT molecular complexity index is 1080. The van der Waals surface area contributed by atoms with Crippen LogP contribution in [0, 0.1) is 5.92 Å². The number of benzene rings is 2. The standard InChI is InChI=1S/C27H29NO5/c1-5-33-21-12-8-18(9-13-21)25-24(27(30)32-4)16(2)28-22-14-19(15-23(29)26(22)25)17-6-10-20(31-3)11-7-17/h6-13,19,24-25,28H,2,5,14-15H2,1,3-4H3. The predicted molar refractivity (Wildman–Crippen MR) is 125 cm³/mol. The molecule has 33 heavy (non-hydrogen) atoms. The Labute approximate surface area is 194 Å². The summed E-state index contributed by atoms with van der Waals surface area (Å²) in [5.74, 6) is 0.0363. The van der Waals surface area contributed by atoms with Gasteiger partial charge in [-0.05, 0) is 54.7 Å². The Morgan fingerprint density at radius 2 is 1.64 bits per heavy atom. The summed E-state index contributed by atoms with van der Waals surface area (Å²) in [6.45, 7) is 6.62. The Morgan fingerprint density at radius 3 is 2.24 bits per heavy atom. The molecule has 0 aromatic heterocycles. The SMILES string of the molecule is C=C1NC2=C(C(=O)CC(c3ccc(OC)cc3)C2)C(c2ccc(OCC)cc2)C1C(=O)OC. The molecule has 6 nitrogen and oxygen atoms in total. The van der Waals surface area contributed by atoms with Crippen molar-refractivity contribution in [2.75, 3.05) is 20.8 Å². The summed E-state index contributed by atoms with van der Waals surface area (Å²) in [6, 6.07) is 15.4.